The molecule has 0 saturated heterocycles. The van der Waals surface area contributed by atoms with E-state index in [9.17, 15) is 4.79 Å². The third-order valence-electron chi connectivity index (χ3n) is 2.56. The van der Waals surface area contributed by atoms with Crippen LogP contribution in [0.2, 0.25) is 0 Å². The molecule has 1 aromatic rings. The van der Waals surface area contributed by atoms with Gasteiger partial charge < -0.3 is 10.2 Å². The number of fused-ring (bicyclic) bond motifs is 2. The maximum absolute atomic E-state index is 11.8. The minimum absolute atomic E-state index is 0.0261. The van der Waals surface area contributed by atoms with Gasteiger partial charge in [0.15, 0.2) is 6.04 Å². The second-order valence-electron chi connectivity index (χ2n) is 3.42. The molecule has 6 heteroatoms. The second-order valence-corrected chi connectivity index (χ2v) is 3.42. The van der Waals surface area contributed by atoms with Crippen LogP contribution in [0.5, 0.6) is 0 Å². The van der Waals surface area contributed by atoms with Gasteiger partial charge in [0.25, 0.3) is 5.91 Å². The van der Waals surface area contributed by atoms with Gasteiger partial charge in [0, 0.05) is 19.4 Å². The van der Waals surface area contributed by atoms with Crippen molar-refractivity contribution in [1.82, 2.24) is 14.5 Å². The first-order valence-electron chi connectivity index (χ1n) is 4.37. The van der Waals surface area contributed by atoms with Crippen molar-refractivity contribution in [2.75, 3.05) is 12.4 Å². The van der Waals surface area contributed by atoms with Crippen LogP contribution in [0.15, 0.2) is 17.4 Å². The number of rotatable bonds is 0. The lowest BCUT2D eigenvalue weighted by Gasteiger charge is -2.29. The molecule has 0 aromatic carbocycles. The lowest BCUT2D eigenvalue weighted by molar-refractivity contribution is 0.0849. The van der Waals surface area contributed by atoms with Crippen molar-refractivity contribution in [2.45, 2.75) is 12.2 Å². The fraction of sp³-hybridized carbons (Fsp3) is 0.375. The van der Waals surface area contributed by atoms with Crippen molar-refractivity contribution in [1.29, 1.82) is 0 Å². The van der Waals surface area contributed by atoms with E-state index in [2.05, 4.69) is 15.3 Å². The van der Waals surface area contributed by atoms with Gasteiger partial charge in [-0.15, -0.1) is 0 Å². The van der Waals surface area contributed by atoms with Crippen LogP contribution in [-0.4, -0.2) is 46.0 Å². The van der Waals surface area contributed by atoms with E-state index >= 15 is 0 Å². The molecule has 3 rings (SSSR count). The summed E-state index contributed by atoms with van der Waals surface area (Å²) in [6.45, 7) is 0. The van der Waals surface area contributed by atoms with Crippen molar-refractivity contribution >= 4 is 18.2 Å². The molecular weight excluding hydrogens is 182 g/mol. The Balaban J connectivity index is 2.08. The van der Waals surface area contributed by atoms with Gasteiger partial charge >= 0.3 is 0 Å². The lowest BCUT2D eigenvalue weighted by atomic mass is 10.2. The highest BCUT2D eigenvalue weighted by Gasteiger charge is 2.40. The standard InChI is InChI=1S/C8H9N5O/c1-12-4-10-5-6(12)11-8-9-2-3-13(8)7(5)14/h2-6H,1H3,(H,9,11). The van der Waals surface area contributed by atoms with Crippen LogP contribution in [0, 0.1) is 0 Å². The minimum atomic E-state index is -0.346. The second kappa shape index (κ2) is 2.34. The van der Waals surface area contributed by atoms with E-state index < -0.39 is 0 Å². The van der Waals surface area contributed by atoms with Crippen LogP contribution in [-0.2, 0) is 0 Å². The Morgan fingerprint density at radius 1 is 1.57 bits per heavy atom. The molecule has 14 heavy (non-hydrogen) atoms. The Bertz CT molecular complexity index is 423. The van der Waals surface area contributed by atoms with Crippen molar-refractivity contribution in [3.8, 4) is 0 Å². The fourth-order valence-corrected chi connectivity index (χ4v) is 1.80. The van der Waals surface area contributed by atoms with E-state index in [4.69, 9.17) is 0 Å². The molecule has 0 radical (unpaired) electrons. The summed E-state index contributed by atoms with van der Waals surface area (Å²) in [5.41, 5.74) is 0. The summed E-state index contributed by atoms with van der Waals surface area (Å²) in [6.07, 6.45) is 4.84. The molecule has 3 heterocycles. The summed E-state index contributed by atoms with van der Waals surface area (Å²) in [5, 5.41) is 3.15. The van der Waals surface area contributed by atoms with E-state index in [1.807, 2.05) is 11.9 Å². The fourth-order valence-electron chi connectivity index (χ4n) is 1.80. The summed E-state index contributed by atoms with van der Waals surface area (Å²) in [6, 6.07) is -0.346. The van der Waals surface area contributed by atoms with Crippen molar-refractivity contribution < 1.29 is 4.79 Å². The van der Waals surface area contributed by atoms with Crippen LogP contribution in [0.25, 0.3) is 0 Å². The number of imidazole rings is 1. The molecule has 0 saturated carbocycles. The van der Waals surface area contributed by atoms with Gasteiger partial charge in [-0.2, -0.15) is 0 Å². The molecule has 0 bridgehead atoms. The predicted octanol–water partition coefficient (Wildman–Crippen LogP) is -0.383. The Kier molecular flexibility index (Phi) is 1.26. The Morgan fingerprint density at radius 2 is 2.43 bits per heavy atom. The average molecular weight is 191 g/mol. The molecule has 1 aromatic heterocycles. The van der Waals surface area contributed by atoms with Gasteiger partial charge in [-0.1, -0.05) is 0 Å². The summed E-state index contributed by atoms with van der Waals surface area (Å²) in [7, 11) is 1.88. The molecule has 6 nitrogen and oxygen atoms in total. The SMILES string of the molecule is CN1C=NC2C(=O)n3ccnc3NC21. The molecule has 0 fully saturated rings. The Hall–Kier alpha value is -1.85. The molecule has 2 aliphatic rings. The van der Waals surface area contributed by atoms with E-state index in [1.165, 1.54) is 4.57 Å². The van der Waals surface area contributed by atoms with Gasteiger partial charge in [-0.3, -0.25) is 14.4 Å². The molecule has 0 spiro atoms. The maximum atomic E-state index is 11.8. The highest BCUT2D eigenvalue weighted by molar-refractivity contribution is 5.92. The normalized spacial score (nSPS) is 28.6. The van der Waals surface area contributed by atoms with E-state index in [0.29, 0.717) is 5.95 Å². The molecule has 0 amide bonds. The van der Waals surface area contributed by atoms with Crippen molar-refractivity contribution in [2.24, 2.45) is 4.99 Å². The average Bonchev–Trinajstić information content (AvgIpc) is 2.75. The largest absolute Gasteiger partial charge is 0.343 e. The molecule has 2 unspecified atom stereocenters. The van der Waals surface area contributed by atoms with E-state index in [-0.39, 0.29) is 18.1 Å². The topological polar surface area (TPSA) is 62.5 Å². The number of anilines is 1. The first kappa shape index (κ1) is 7.54. The summed E-state index contributed by atoms with van der Waals surface area (Å²) < 4.78 is 1.50. The zero-order valence-corrected chi connectivity index (χ0v) is 7.58. The monoisotopic (exact) mass is 191 g/mol. The van der Waals surface area contributed by atoms with Crippen LogP contribution in [0.3, 0.4) is 0 Å². The smallest absolute Gasteiger partial charge is 0.262 e. The van der Waals surface area contributed by atoms with E-state index in [0.717, 1.165) is 0 Å². The molecule has 0 aliphatic carbocycles. The first-order chi connectivity index (χ1) is 6.77. The van der Waals surface area contributed by atoms with Crippen LogP contribution >= 0.6 is 0 Å². The molecule has 1 N–H and O–H groups in total. The number of nitrogens with one attached hydrogen (secondary N) is 1. The quantitative estimate of drug-likeness (QED) is 0.607. The van der Waals surface area contributed by atoms with Crippen molar-refractivity contribution in [3.63, 3.8) is 0 Å². The molecular formula is C8H9N5O. The third kappa shape index (κ3) is 0.773. The lowest BCUT2D eigenvalue weighted by Crippen LogP contribution is -2.49. The van der Waals surface area contributed by atoms with Gasteiger partial charge in [-0.05, 0) is 0 Å². The maximum Gasteiger partial charge on any atom is 0.262 e. The van der Waals surface area contributed by atoms with Crippen LogP contribution < -0.4 is 5.32 Å². The minimum Gasteiger partial charge on any atom is -0.343 e. The number of hydrogen-bond acceptors (Lipinski definition) is 5. The summed E-state index contributed by atoms with van der Waals surface area (Å²) in [5.74, 6) is 0.565. The van der Waals surface area contributed by atoms with Gasteiger partial charge in [0.05, 0.1) is 6.34 Å². The third-order valence-corrected chi connectivity index (χ3v) is 2.56. The van der Waals surface area contributed by atoms with E-state index in [1.54, 1.807) is 18.7 Å². The Morgan fingerprint density at radius 3 is 3.29 bits per heavy atom. The number of carbonyl (C=O) groups is 1. The van der Waals surface area contributed by atoms with Crippen LogP contribution in [0.4, 0.5) is 5.95 Å². The summed E-state index contributed by atoms with van der Waals surface area (Å²) in [4.78, 5) is 21.9. The number of hydrogen-bond donors (Lipinski definition) is 1. The van der Waals surface area contributed by atoms with Gasteiger partial charge in [0.2, 0.25) is 5.95 Å². The highest BCUT2D eigenvalue weighted by Crippen LogP contribution is 2.22. The highest BCUT2D eigenvalue weighted by atomic mass is 16.2. The first-order valence-corrected chi connectivity index (χ1v) is 4.37. The number of aromatic nitrogens is 2. The zero-order valence-electron chi connectivity index (χ0n) is 7.58. The molecule has 72 valence electrons. The predicted molar refractivity (Wildman–Crippen MR) is 50.3 cm³/mol. The number of aliphatic imine (C=N–C) groups is 1. The van der Waals surface area contributed by atoms with Crippen molar-refractivity contribution in [3.05, 3.63) is 12.4 Å². The Labute approximate surface area is 80.2 Å². The number of likely N-dealkylation sites (N-methyl/N-ethyl adjacent to an activating group) is 1. The van der Waals surface area contributed by atoms with Gasteiger partial charge in [-0.25, -0.2) is 4.98 Å². The zero-order chi connectivity index (χ0) is 9.71. The molecule has 2 atom stereocenters. The number of carbonyl (C=O) groups excluding carboxylic acids is 1. The van der Waals surface area contributed by atoms with Gasteiger partial charge in [0.1, 0.15) is 6.17 Å². The van der Waals surface area contributed by atoms with Crippen LogP contribution in [0.1, 0.15) is 4.79 Å². The molecule has 2 aliphatic heterocycles. The number of nitrogens with zero attached hydrogens (tertiary/aromatic N) is 4. The summed E-state index contributed by atoms with van der Waals surface area (Å²) >= 11 is 0.